The summed E-state index contributed by atoms with van der Waals surface area (Å²) in [7, 11) is 1.64. The number of carbonyl (C=O) groups excluding carboxylic acids is 1. The fourth-order valence-electron chi connectivity index (χ4n) is 3.11. The lowest BCUT2D eigenvalue weighted by Crippen LogP contribution is -2.24. The zero-order chi connectivity index (χ0) is 16.5. The first-order chi connectivity index (χ1) is 11.8. The van der Waals surface area contributed by atoms with E-state index in [-0.39, 0.29) is 11.8 Å². The van der Waals surface area contributed by atoms with Gasteiger partial charge in [0.15, 0.2) is 0 Å². The SMILES string of the molecule is COc1ccc(-n2cnc3c2NC(=O)C[C@H]3c2ccccc2)cc1. The second-order valence-corrected chi connectivity index (χ2v) is 5.76. The molecule has 0 aliphatic carbocycles. The molecule has 0 radical (unpaired) electrons. The Morgan fingerprint density at radius 1 is 1.12 bits per heavy atom. The highest BCUT2D eigenvalue weighted by Crippen LogP contribution is 2.37. The molecule has 0 spiro atoms. The molecule has 3 aromatic rings. The molecule has 0 bridgehead atoms. The van der Waals surface area contributed by atoms with Crippen LogP contribution in [0.25, 0.3) is 5.69 Å². The van der Waals surface area contributed by atoms with Gasteiger partial charge in [0.2, 0.25) is 5.91 Å². The minimum atomic E-state index is -0.0190. The van der Waals surface area contributed by atoms with Crippen LogP contribution in [0.4, 0.5) is 5.82 Å². The van der Waals surface area contributed by atoms with Crippen molar-refractivity contribution in [1.29, 1.82) is 0 Å². The number of carbonyl (C=O) groups is 1. The van der Waals surface area contributed by atoms with Gasteiger partial charge in [0, 0.05) is 18.0 Å². The molecule has 0 fully saturated rings. The lowest BCUT2D eigenvalue weighted by Gasteiger charge is -2.23. The number of hydrogen-bond acceptors (Lipinski definition) is 3. The molecule has 0 unspecified atom stereocenters. The predicted molar refractivity (Wildman–Crippen MR) is 91.6 cm³/mol. The number of hydrogen-bond donors (Lipinski definition) is 1. The Kier molecular flexibility index (Phi) is 3.54. The van der Waals surface area contributed by atoms with E-state index >= 15 is 0 Å². The van der Waals surface area contributed by atoms with E-state index < -0.39 is 0 Å². The van der Waals surface area contributed by atoms with Crippen LogP contribution in [0.5, 0.6) is 5.75 Å². The number of nitrogens with zero attached hydrogens (tertiary/aromatic N) is 2. The van der Waals surface area contributed by atoms with Gasteiger partial charge < -0.3 is 10.1 Å². The third-order valence-corrected chi connectivity index (χ3v) is 4.33. The van der Waals surface area contributed by atoms with Crippen molar-refractivity contribution in [1.82, 2.24) is 9.55 Å². The summed E-state index contributed by atoms with van der Waals surface area (Å²) in [6, 6.07) is 17.7. The van der Waals surface area contributed by atoms with Crippen LogP contribution in [0.3, 0.4) is 0 Å². The smallest absolute Gasteiger partial charge is 0.226 e. The fourth-order valence-corrected chi connectivity index (χ4v) is 3.11. The maximum Gasteiger partial charge on any atom is 0.226 e. The summed E-state index contributed by atoms with van der Waals surface area (Å²) in [4.78, 5) is 16.8. The number of methoxy groups -OCH3 is 1. The summed E-state index contributed by atoms with van der Waals surface area (Å²) in [6.07, 6.45) is 2.17. The molecular formula is C19H17N3O2. The number of benzene rings is 2. The number of nitrogens with one attached hydrogen (secondary N) is 1. The number of ether oxygens (including phenoxy) is 1. The van der Waals surface area contributed by atoms with Crippen LogP contribution in [0, 0.1) is 0 Å². The highest BCUT2D eigenvalue weighted by atomic mass is 16.5. The van der Waals surface area contributed by atoms with Crippen molar-refractivity contribution in [3.05, 3.63) is 72.2 Å². The minimum Gasteiger partial charge on any atom is -0.497 e. The molecule has 4 rings (SSSR count). The van der Waals surface area contributed by atoms with Crippen LogP contribution < -0.4 is 10.1 Å². The first-order valence-electron chi connectivity index (χ1n) is 7.82. The van der Waals surface area contributed by atoms with Crippen LogP contribution in [0.1, 0.15) is 23.6 Å². The topological polar surface area (TPSA) is 56.1 Å². The van der Waals surface area contributed by atoms with Crippen molar-refractivity contribution >= 4 is 11.7 Å². The van der Waals surface area contributed by atoms with E-state index in [4.69, 9.17) is 4.74 Å². The van der Waals surface area contributed by atoms with Gasteiger partial charge in [0.1, 0.15) is 17.9 Å². The van der Waals surface area contributed by atoms with Crippen molar-refractivity contribution in [3.8, 4) is 11.4 Å². The molecule has 120 valence electrons. The Labute approximate surface area is 139 Å². The van der Waals surface area contributed by atoms with Crippen molar-refractivity contribution in [3.63, 3.8) is 0 Å². The molecule has 2 heterocycles. The van der Waals surface area contributed by atoms with Gasteiger partial charge in [-0.15, -0.1) is 0 Å². The van der Waals surface area contributed by atoms with E-state index in [0.29, 0.717) is 6.42 Å². The predicted octanol–water partition coefficient (Wildman–Crippen LogP) is 3.36. The van der Waals surface area contributed by atoms with Gasteiger partial charge in [-0.3, -0.25) is 9.36 Å². The molecule has 5 heteroatoms. The number of fused-ring (bicyclic) bond motifs is 1. The molecule has 1 atom stereocenters. The zero-order valence-electron chi connectivity index (χ0n) is 13.3. The summed E-state index contributed by atoms with van der Waals surface area (Å²) >= 11 is 0. The minimum absolute atomic E-state index is 0.00612. The van der Waals surface area contributed by atoms with E-state index in [1.54, 1.807) is 13.4 Å². The van der Waals surface area contributed by atoms with Gasteiger partial charge in [-0.1, -0.05) is 30.3 Å². The maximum atomic E-state index is 12.2. The van der Waals surface area contributed by atoms with Crippen molar-refractivity contribution < 1.29 is 9.53 Å². The number of amides is 1. The largest absolute Gasteiger partial charge is 0.497 e. The van der Waals surface area contributed by atoms with Crippen LogP contribution in [-0.2, 0) is 4.79 Å². The Morgan fingerprint density at radius 2 is 1.88 bits per heavy atom. The molecule has 24 heavy (non-hydrogen) atoms. The first kappa shape index (κ1) is 14.5. The van der Waals surface area contributed by atoms with Crippen molar-refractivity contribution in [2.75, 3.05) is 12.4 Å². The number of rotatable bonds is 3. The lowest BCUT2D eigenvalue weighted by molar-refractivity contribution is -0.116. The van der Waals surface area contributed by atoms with E-state index in [1.807, 2.05) is 59.2 Å². The van der Waals surface area contributed by atoms with Gasteiger partial charge in [0.05, 0.1) is 12.8 Å². The normalized spacial score (nSPS) is 16.4. The standard InChI is InChI=1S/C19H17N3O2/c1-24-15-9-7-14(8-10-15)22-12-20-18-16(11-17(23)21-19(18)22)13-5-3-2-4-6-13/h2-10,12,16H,11H2,1H3,(H,21,23)/t16-/m0/s1. The van der Waals surface area contributed by atoms with Gasteiger partial charge in [0.25, 0.3) is 0 Å². The molecule has 1 aliphatic heterocycles. The second kappa shape index (κ2) is 5.85. The first-order valence-corrected chi connectivity index (χ1v) is 7.82. The Morgan fingerprint density at radius 3 is 2.58 bits per heavy atom. The van der Waals surface area contributed by atoms with Gasteiger partial charge in [-0.25, -0.2) is 4.98 Å². The van der Waals surface area contributed by atoms with Crippen LogP contribution >= 0.6 is 0 Å². The van der Waals surface area contributed by atoms with Crippen molar-refractivity contribution in [2.45, 2.75) is 12.3 Å². The zero-order valence-corrected chi connectivity index (χ0v) is 13.3. The summed E-state index contributed by atoms with van der Waals surface area (Å²) in [5.74, 6) is 1.52. The van der Waals surface area contributed by atoms with Gasteiger partial charge in [-0.05, 0) is 29.8 Å². The molecule has 1 aliphatic rings. The number of imidazole rings is 1. The Balaban J connectivity index is 1.78. The lowest BCUT2D eigenvalue weighted by atomic mass is 9.90. The van der Waals surface area contributed by atoms with E-state index in [0.717, 1.165) is 28.5 Å². The summed E-state index contributed by atoms with van der Waals surface area (Å²) < 4.78 is 7.10. The molecule has 0 saturated heterocycles. The van der Waals surface area contributed by atoms with Gasteiger partial charge >= 0.3 is 0 Å². The van der Waals surface area contributed by atoms with E-state index in [9.17, 15) is 4.79 Å². The fraction of sp³-hybridized carbons (Fsp3) is 0.158. The Hall–Kier alpha value is -3.08. The monoisotopic (exact) mass is 319 g/mol. The highest BCUT2D eigenvalue weighted by Gasteiger charge is 2.30. The van der Waals surface area contributed by atoms with Crippen LogP contribution in [-0.4, -0.2) is 22.6 Å². The van der Waals surface area contributed by atoms with E-state index in [1.165, 1.54) is 0 Å². The van der Waals surface area contributed by atoms with Crippen LogP contribution in [0.2, 0.25) is 0 Å². The highest BCUT2D eigenvalue weighted by molar-refractivity contribution is 5.94. The van der Waals surface area contributed by atoms with Crippen LogP contribution in [0.15, 0.2) is 60.9 Å². The molecule has 1 amide bonds. The molecular weight excluding hydrogens is 302 g/mol. The third-order valence-electron chi connectivity index (χ3n) is 4.33. The summed E-state index contributed by atoms with van der Waals surface area (Å²) in [5, 5.41) is 2.97. The van der Waals surface area contributed by atoms with E-state index in [2.05, 4.69) is 10.3 Å². The summed E-state index contributed by atoms with van der Waals surface area (Å²) in [6.45, 7) is 0. The van der Waals surface area contributed by atoms with Crippen molar-refractivity contribution in [2.24, 2.45) is 0 Å². The number of aromatic nitrogens is 2. The van der Waals surface area contributed by atoms with Gasteiger partial charge in [-0.2, -0.15) is 0 Å². The molecule has 1 N–H and O–H groups in total. The molecule has 1 aromatic heterocycles. The number of anilines is 1. The molecule has 0 saturated carbocycles. The average Bonchev–Trinajstić information content (AvgIpc) is 3.05. The second-order valence-electron chi connectivity index (χ2n) is 5.76. The molecule has 2 aromatic carbocycles. The molecule has 5 nitrogen and oxygen atoms in total. The maximum absolute atomic E-state index is 12.2. The quantitative estimate of drug-likeness (QED) is 0.805. The Bertz CT molecular complexity index is 869. The third kappa shape index (κ3) is 2.44. The summed E-state index contributed by atoms with van der Waals surface area (Å²) in [5.41, 5.74) is 2.93. The average molecular weight is 319 g/mol.